The molecule has 0 aromatic heterocycles. The van der Waals surface area contributed by atoms with Crippen molar-refractivity contribution in [2.45, 2.75) is 105 Å². The Morgan fingerprint density at radius 3 is 1.71 bits per heavy atom. The molecule has 188 valence electrons. The molecule has 3 saturated carbocycles. The van der Waals surface area contributed by atoms with Crippen molar-refractivity contribution < 1.29 is 19.8 Å². The Balaban J connectivity index is 1.77. The minimum atomic E-state index is -1.60. The van der Waals surface area contributed by atoms with E-state index in [2.05, 4.69) is 47.6 Å². The monoisotopic (exact) mass is 468 g/mol. The molecule has 0 heterocycles. The van der Waals surface area contributed by atoms with Gasteiger partial charge >= 0.3 is 0 Å². The van der Waals surface area contributed by atoms with Crippen molar-refractivity contribution in [3.8, 4) is 0 Å². The topological polar surface area (TPSA) is 74.6 Å². The van der Waals surface area contributed by atoms with Gasteiger partial charge < -0.3 is 10.2 Å². The zero-order valence-electron chi connectivity index (χ0n) is 22.4. The summed E-state index contributed by atoms with van der Waals surface area (Å²) in [6.07, 6.45) is 10.3. The number of rotatable bonds is 2. The van der Waals surface area contributed by atoms with Gasteiger partial charge in [0.25, 0.3) is 0 Å². The first-order valence-electron chi connectivity index (χ1n) is 13.4. The third-order valence-electron chi connectivity index (χ3n) is 12.3. The molecule has 8 atom stereocenters. The van der Waals surface area contributed by atoms with Gasteiger partial charge in [-0.05, 0) is 67.3 Å². The van der Waals surface area contributed by atoms with Crippen LogP contribution in [0.15, 0.2) is 23.3 Å². The van der Waals surface area contributed by atoms with Crippen LogP contribution in [0.5, 0.6) is 0 Å². The van der Waals surface area contributed by atoms with Crippen LogP contribution in [-0.4, -0.2) is 33.0 Å². The molecule has 6 aliphatic rings. The predicted octanol–water partition coefficient (Wildman–Crippen LogP) is 5.42. The van der Waals surface area contributed by atoms with E-state index in [0.717, 1.165) is 49.7 Å². The van der Waals surface area contributed by atoms with Gasteiger partial charge in [0.1, 0.15) is 11.2 Å². The molecule has 2 N–H and O–H groups in total. The largest absolute Gasteiger partial charge is 0.382 e. The van der Waals surface area contributed by atoms with Crippen LogP contribution < -0.4 is 0 Å². The molecule has 34 heavy (non-hydrogen) atoms. The molecule has 3 fully saturated rings. The second kappa shape index (κ2) is 6.73. The molecule has 0 aromatic rings. The molecule has 6 rings (SSSR count). The summed E-state index contributed by atoms with van der Waals surface area (Å²) in [5.41, 5.74) is -1.28. The molecule has 0 amide bonds. The third-order valence-corrected chi connectivity index (χ3v) is 12.3. The van der Waals surface area contributed by atoms with Gasteiger partial charge in [0.15, 0.2) is 11.6 Å². The minimum Gasteiger partial charge on any atom is -0.382 e. The Hall–Kier alpha value is -1.26. The van der Waals surface area contributed by atoms with Crippen LogP contribution in [0.4, 0.5) is 0 Å². The highest BCUT2D eigenvalue weighted by Gasteiger charge is 2.70. The van der Waals surface area contributed by atoms with Crippen molar-refractivity contribution in [3.63, 3.8) is 0 Å². The first kappa shape index (κ1) is 24.4. The molecule has 2 unspecified atom stereocenters. The summed E-state index contributed by atoms with van der Waals surface area (Å²) in [6.45, 7) is 17.0. The molecule has 2 bridgehead atoms. The molecule has 0 saturated heterocycles. The van der Waals surface area contributed by atoms with Gasteiger partial charge in [0.05, 0.1) is 0 Å². The third kappa shape index (κ3) is 2.68. The highest BCUT2D eigenvalue weighted by molar-refractivity contribution is 6.02. The Labute approximate surface area is 205 Å². The van der Waals surface area contributed by atoms with Crippen LogP contribution in [0.3, 0.4) is 0 Å². The van der Waals surface area contributed by atoms with Crippen LogP contribution >= 0.6 is 0 Å². The SMILES string of the molecule is CC1(C)CCC[C@]1(C)C1=CC(=O)[C@](C)(O)C2C1[C@@H]1C(=O)[C@](C)(O)[C@H]2C=C1[C@@]1(C)CCCC1(C)C. The first-order valence-corrected chi connectivity index (χ1v) is 13.4. The maximum absolute atomic E-state index is 14.1. The van der Waals surface area contributed by atoms with E-state index in [1.165, 1.54) is 0 Å². The second-order valence-corrected chi connectivity index (χ2v) is 14.4. The lowest BCUT2D eigenvalue weighted by Crippen LogP contribution is -2.69. The van der Waals surface area contributed by atoms with Gasteiger partial charge in [-0.2, -0.15) is 0 Å². The lowest BCUT2D eigenvalue weighted by Gasteiger charge is -2.63. The van der Waals surface area contributed by atoms with Gasteiger partial charge in [-0.3, -0.25) is 9.59 Å². The fourth-order valence-electron chi connectivity index (χ4n) is 9.06. The number of ketones is 2. The van der Waals surface area contributed by atoms with E-state index < -0.39 is 29.0 Å². The van der Waals surface area contributed by atoms with Crippen molar-refractivity contribution in [2.75, 3.05) is 0 Å². The number of hydrogen-bond donors (Lipinski definition) is 2. The number of hydrogen-bond acceptors (Lipinski definition) is 4. The van der Waals surface area contributed by atoms with E-state index in [9.17, 15) is 19.8 Å². The van der Waals surface area contributed by atoms with E-state index in [0.29, 0.717) is 0 Å². The molecule has 0 spiro atoms. The Morgan fingerprint density at radius 1 is 0.735 bits per heavy atom. The van der Waals surface area contributed by atoms with E-state index >= 15 is 0 Å². The lowest BCUT2D eigenvalue weighted by atomic mass is 9.41. The van der Waals surface area contributed by atoms with Crippen molar-refractivity contribution in [2.24, 2.45) is 45.3 Å². The molecule has 4 nitrogen and oxygen atoms in total. The zero-order chi connectivity index (χ0) is 25.3. The average Bonchev–Trinajstić information content (AvgIpc) is 3.16. The predicted molar refractivity (Wildman–Crippen MR) is 133 cm³/mol. The zero-order valence-corrected chi connectivity index (χ0v) is 22.4. The van der Waals surface area contributed by atoms with Crippen LogP contribution in [0, 0.1) is 45.3 Å². The van der Waals surface area contributed by atoms with E-state index in [1.807, 2.05) is 0 Å². The van der Waals surface area contributed by atoms with Crippen LogP contribution in [-0.2, 0) is 9.59 Å². The fraction of sp³-hybridized carbons (Fsp3) is 0.800. The number of allylic oxidation sites excluding steroid dienone is 2. The van der Waals surface area contributed by atoms with Gasteiger partial charge in [0, 0.05) is 23.7 Å². The summed E-state index contributed by atoms with van der Waals surface area (Å²) in [7, 11) is 0. The highest BCUT2D eigenvalue weighted by Crippen LogP contribution is 2.70. The van der Waals surface area contributed by atoms with Crippen molar-refractivity contribution in [1.29, 1.82) is 0 Å². The van der Waals surface area contributed by atoms with Gasteiger partial charge in [-0.1, -0.05) is 71.6 Å². The summed E-state index contributed by atoms with van der Waals surface area (Å²) in [5, 5.41) is 23.2. The summed E-state index contributed by atoms with van der Waals surface area (Å²) >= 11 is 0. The summed E-state index contributed by atoms with van der Waals surface area (Å²) < 4.78 is 0. The number of fused-ring (bicyclic) bond motifs is 1. The van der Waals surface area contributed by atoms with Crippen molar-refractivity contribution >= 4 is 11.6 Å². The van der Waals surface area contributed by atoms with Gasteiger partial charge in [0.2, 0.25) is 0 Å². The maximum atomic E-state index is 14.1. The maximum Gasteiger partial charge on any atom is 0.187 e. The first-order chi connectivity index (χ1) is 15.4. The van der Waals surface area contributed by atoms with Crippen LogP contribution in [0.1, 0.15) is 93.9 Å². The summed E-state index contributed by atoms with van der Waals surface area (Å²) in [5.74, 6) is -2.20. The summed E-state index contributed by atoms with van der Waals surface area (Å²) in [4.78, 5) is 27.6. The van der Waals surface area contributed by atoms with Crippen LogP contribution in [0.25, 0.3) is 0 Å². The van der Waals surface area contributed by atoms with E-state index in [-0.39, 0.29) is 39.1 Å². The lowest BCUT2D eigenvalue weighted by molar-refractivity contribution is -0.181. The minimum absolute atomic E-state index is 0.00444. The highest BCUT2D eigenvalue weighted by atomic mass is 16.3. The Morgan fingerprint density at radius 2 is 1.24 bits per heavy atom. The molecule has 6 aliphatic carbocycles. The number of carbonyl (C=O) groups is 2. The summed E-state index contributed by atoms with van der Waals surface area (Å²) in [6, 6.07) is 0. The average molecular weight is 469 g/mol. The number of aliphatic hydroxyl groups is 2. The van der Waals surface area contributed by atoms with E-state index in [4.69, 9.17) is 0 Å². The molecule has 0 aliphatic heterocycles. The fourth-order valence-corrected chi connectivity index (χ4v) is 9.06. The van der Waals surface area contributed by atoms with E-state index in [1.54, 1.807) is 19.9 Å². The smallest absolute Gasteiger partial charge is 0.187 e. The standard InChI is InChI=1S/C30H44O4/c1-25(2)11-9-13-27(25,5)17-15-19-23-21(22(17)24(32)29(19,7)33)18(16-20(31)30(23,8)34)28(6)14-10-12-26(28,3)4/h15-16,19,21-23,33-34H,9-14H2,1-8H3/t19-,21?,22+,23?,27+,28+,29+,30-/m0/s1. The van der Waals surface area contributed by atoms with Gasteiger partial charge in [-0.15, -0.1) is 0 Å². The number of carbonyl (C=O) groups excluding carboxylic acids is 2. The Kier molecular flexibility index (Phi) is 4.84. The van der Waals surface area contributed by atoms with Crippen molar-refractivity contribution in [1.82, 2.24) is 0 Å². The molecular weight excluding hydrogens is 424 g/mol. The number of Topliss-reactive ketones (excluding diaryl/α,β-unsaturated/α-hetero) is 1. The normalized spacial score (nSPS) is 51.4. The second-order valence-electron chi connectivity index (χ2n) is 14.4. The molecular formula is C30H44O4. The molecule has 4 heteroatoms. The quantitative estimate of drug-likeness (QED) is 0.531. The molecule has 0 radical (unpaired) electrons. The van der Waals surface area contributed by atoms with Gasteiger partial charge in [-0.25, -0.2) is 0 Å². The van der Waals surface area contributed by atoms with Crippen LogP contribution in [0.2, 0.25) is 0 Å². The Bertz CT molecular complexity index is 1020. The molecule has 0 aromatic carbocycles. The van der Waals surface area contributed by atoms with Crippen molar-refractivity contribution in [3.05, 3.63) is 23.3 Å².